The molecule has 6 nitrogen and oxygen atoms in total. The standard InChI is InChI=1S/C21H29I2NO5/c1-12(28-19(27)15-8-13(22)9-16(23)18(15)26)7-17(25)29-14-10-20(2,3)24(6)21(4,5)11-14/h8-9,12,14,26H,7,10-11H2,1-6H3. The first-order chi connectivity index (χ1) is 13.2. The van der Waals surface area contributed by atoms with Gasteiger partial charge in [0.2, 0.25) is 0 Å². The van der Waals surface area contributed by atoms with Gasteiger partial charge in [0.25, 0.3) is 0 Å². The Labute approximate surface area is 200 Å². The van der Waals surface area contributed by atoms with Crippen molar-refractivity contribution in [2.24, 2.45) is 0 Å². The maximum Gasteiger partial charge on any atom is 0.342 e. The number of benzene rings is 1. The monoisotopic (exact) mass is 629 g/mol. The summed E-state index contributed by atoms with van der Waals surface area (Å²) in [4.78, 5) is 27.2. The summed E-state index contributed by atoms with van der Waals surface area (Å²) in [6.07, 6.45) is 0.648. The maximum absolute atomic E-state index is 12.4. The molecular formula is C21H29I2NO5. The molecular weight excluding hydrogens is 600 g/mol. The van der Waals surface area contributed by atoms with Gasteiger partial charge in [-0.25, -0.2) is 4.79 Å². The van der Waals surface area contributed by atoms with E-state index in [0.29, 0.717) is 3.57 Å². The van der Waals surface area contributed by atoms with Crippen LogP contribution >= 0.6 is 45.2 Å². The largest absolute Gasteiger partial charge is 0.506 e. The number of aromatic hydroxyl groups is 1. The van der Waals surface area contributed by atoms with Gasteiger partial charge in [-0.1, -0.05) is 0 Å². The number of carbonyl (C=O) groups is 2. The topological polar surface area (TPSA) is 76.1 Å². The van der Waals surface area contributed by atoms with Gasteiger partial charge in [-0.3, -0.25) is 9.69 Å². The SMILES string of the molecule is CC(CC(=O)OC1CC(C)(C)N(C)C(C)(C)C1)OC(=O)c1cc(I)cc(I)c1O. The quantitative estimate of drug-likeness (QED) is 0.375. The summed E-state index contributed by atoms with van der Waals surface area (Å²) >= 11 is 4.03. The number of phenolic OH excluding ortho intramolecular Hbond substituents is 1. The van der Waals surface area contributed by atoms with Gasteiger partial charge in [0.05, 0.1) is 9.99 Å². The number of phenols is 1. The smallest absolute Gasteiger partial charge is 0.342 e. The highest BCUT2D eigenvalue weighted by atomic mass is 127. The fourth-order valence-corrected chi connectivity index (χ4v) is 5.69. The first kappa shape index (κ1) is 24.6. The summed E-state index contributed by atoms with van der Waals surface area (Å²) in [5.74, 6) is -1.14. The molecule has 2 rings (SSSR count). The summed E-state index contributed by atoms with van der Waals surface area (Å²) in [6, 6.07) is 3.33. The summed E-state index contributed by atoms with van der Waals surface area (Å²) < 4.78 is 12.5. The number of nitrogens with zero attached hydrogens (tertiary/aromatic N) is 1. The second kappa shape index (κ2) is 9.25. The van der Waals surface area contributed by atoms with Crippen LogP contribution in [0.15, 0.2) is 12.1 Å². The minimum Gasteiger partial charge on any atom is -0.506 e. The first-order valence-corrected chi connectivity index (χ1v) is 11.7. The number of halogens is 2. The van der Waals surface area contributed by atoms with E-state index in [-0.39, 0.29) is 40.9 Å². The Morgan fingerprint density at radius 2 is 1.76 bits per heavy atom. The molecule has 1 saturated heterocycles. The lowest BCUT2D eigenvalue weighted by Gasteiger charge is -2.53. The number of hydrogen-bond acceptors (Lipinski definition) is 6. The molecule has 0 spiro atoms. The van der Waals surface area contributed by atoms with Crippen LogP contribution in [0, 0.1) is 7.14 Å². The van der Waals surface area contributed by atoms with Crippen molar-refractivity contribution in [1.82, 2.24) is 4.90 Å². The number of esters is 2. The molecule has 162 valence electrons. The number of likely N-dealkylation sites (tertiary alicyclic amines) is 1. The predicted octanol–water partition coefficient (Wildman–Crippen LogP) is 4.73. The summed E-state index contributed by atoms with van der Waals surface area (Å²) in [7, 11) is 2.10. The summed E-state index contributed by atoms with van der Waals surface area (Å²) in [5.41, 5.74) is -0.0614. The second-order valence-corrected chi connectivity index (χ2v) is 11.3. The third kappa shape index (κ3) is 6.19. The van der Waals surface area contributed by atoms with Gasteiger partial charge < -0.3 is 14.6 Å². The van der Waals surface area contributed by atoms with Gasteiger partial charge in [0, 0.05) is 27.5 Å². The van der Waals surface area contributed by atoms with E-state index in [4.69, 9.17) is 9.47 Å². The van der Waals surface area contributed by atoms with Crippen molar-refractivity contribution in [3.63, 3.8) is 0 Å². The normalized spacial score (nSPS) is 20.1. The van der Waals surface area contributed by atoms with E-state index >= 15 is 0 Å². The van der Waals surface area contributed by atoms with E-state index in [9.17, 15) is 14.7 Å². The van der Waals surface area contributed by atoms with Gasteiger partial charge in [0.15, 0.2) is 0 Å². The highest BCUT2D eigenvalue weighted by molar-refractivity contribution is 14.1. The summed E-state index contributed by atoms with van der Waals surface area (Å²) in [6.45, 7) is 10.2. The number of carbonyl (C=O) groups excluding carboxylic acids is 2. The van der Waals surface area contributed by atoms with E-state index in [0.717, 1.165) is 16.4 Å². The van der Waals surface area contributed by atoms with Crippen LogP contribution in [0.5, 0.6) is 5.75 Å². The molecule has 0 amide bonds. The van der Waals surface area contributed by atoms with Crippen molar-refractivity contribution in [2.45, 2.75) is 77.2 Å². The van der Waals surface area contributed by atoms with E-state index < -0.39 is 12.1 Å². The lowest BCUT2D eigenvalue weighted by Crippen LogP contribution is -2.60. The Morgan fingerprint density at radius 3 is 2.31 bits per heavy atom. The van der Waals surface area contributed by atoms with E-state index in [2.05, 4.69) is 62.2 Å². The zero-order valence-electron chi connectivity index (χ0n) is 17.7. The molecule has 1 atom stereocenters. The highest BCUT2D eigenvalue weighted by Gasteiger charge is 2.44. The predicted molar refractivity (Wildman–Crippen MR) is 128 cm³/mol. The average molecular weight is 629 g/mol. The first-order valence-electron chi connectivity index (χ1n) is 9.55. The van der Waals surface area contributed by atoms with Gasteiger partial charge in [0.1, 0.15) is 23.5 Å². The number of hydrogen-bond donors (Lipinski definition) is 1. The Morgan fingerprint density at radius 1 is 1.21 bits per heavy atom. The fraction of sp³-hybridized carbons (Fsp3) is 0.619. The molecule has 0 aromatic heterocycles. The van der Waals surface area contributed by atoms with Crippen LogP contribution in [0.25, 0.3) is 0 Å². The summed E-state index contributed by atoms with van der Waals surface area (Å²) in [5, 5.41) is 10.1. The van der Waals surface area contributed by atoms with Crippen LogP contribution in [0.1, 0.15) is 64.2 Å². The van der Waals surface area contributed by atoms with Crippen LogP contribution < -0.4 is 0 Å². The molecule has 1 aromatic carbocycles. The van der Waals surface area contributed by atoms with E-state index in [1.54, 1.807) is 19.1 Å². The molecule has 0 saturated carbocycles. The Kier molecular flexibility index (Phi) is 7.86. The maximum atomic E-state index is 12.4. The molecule has 1 aromatic rings. The van der Waals surface area contributed by atoms with E-state index in [1.165, 1.54) is 0 Å². The van der Waals surface area contributed by atoms with Gasteiger partial charge in [-0.15, -0.1) is 0 Å². The lowest BCUT2D eigenvalue weighted by atomic mass is 9.79. The minimum atomic E-state index is -0.655. The Hall–Kier alpha value is -0.620. The Bertz CT molecular complexity index is 776. The molecule has 0 aliphatic carbocycles. The van der Waals surface area contributed by atoms with Crippen LogP contribution in [0.3, 0.4) is 0 Å². The molecule has 1 aliphatic heterocycles. The third-order valence-corrected chi connectivity index (χ3v) is 7.02. The lowest BCUT2D eigenvalue weighted by molar-refractivity contribution is -0.160. The minimum absolute atomic E-state index is 0.0271. The Balaban J connectivity index is 1.95. The molecule has 1 aliphatic rings. The molecule has 0 bridgehead atoms. The molecule has 0 radical (unpaired) electrons. The van der Waals surface area contributed by atoms with Crippen molar-refractivity contribution < 1.29 is 24.2 Å². The van der Waals surface area contributed by atoms with E-state index in [1.807, 2.05) is 22.6 Å². The van der Waals surface area contributed by atoms with Crippen molar-refractivity contribution >= 4 is 57.1 Å². The zero-order valence-corrected chi connectivity index (χ0v) is 22.0. The van der Waals surface area contributed by atoms with Crippen LogP contribution in [0.4, 0.5) is 0 Å². The number of ether oxygens (including phenoxy) is 2. The molecule has 29 heavy (non-hydrogen) atoms. The van der Waals surface area contributed by atoms with Crippen LogP contribution in [-0.4, -0.2) is 52.3 Å². The molecule has 1 fully saturated rings. The second-order valence-electron chi connectivity index (χ2n) is 8.91. The molecule has 8 heteroatoms. The van der Waals surface area contributed by atoms with Crippen molar-refractivity contribution in [3.05, 3.63) is 24.8 Å². The van der Waals surface area contributed by atoms with Gasteiger partial charge >= 0.3 is 11.9 Å². The average Bonchev–Trinajstić information content (AvgIpc) is 2.54. The molecule has 1 N–H and O–H groups in total. The van der Waals surface area contributed by atoms with Crippen molar-refractivity contribution in [3.8, 4) is 5.75 Å². The van der Waals surface area contributed by atoms with Crippen LogP contribution in [0.2, 0.25) is 0 Å². The molecule has 1 unspecified atom stereocenters. The highest BCUT2D eigenvalue weighted by Crippen LogP contribution is 2.38. The zero-order chi connectivity index (χ0) is 22.1. The number of rotatable bonds is 5. The molecule has 1 heterocycles. The van der Waals surface area contributed by atoms with Gasteiger partial charge in [-0.2, -0.15) is 0 Å². The van der Waals surface area contributed by atoms with Crippen molar-refractivity contribution in [2.75, 3.05) is 7.05 Å². The van der Waals surface area contributed by atoms with Gasteiger partial charge in [-0.05, 0) is 99.0 Å². The number of piperidine rings is 1. The fourth-order valence-electron chi connectivity index (χ4n) is 3.84. The van der Waals surface area contributed by atoms with Crippen LogP contribution in [-0.2, 0) is 14.3 Å². The third-order valence-electron chi connectivity index (χ3n) is 5.58. The van der Waals surface area contributed by atoms with Crippen molar-refractivity contribution in [1.29, 1.82) is 0 Å².